The van der Waals surface area contributed by atoms with E-state index in [1.54, 1.807) is 0 Å². The van der Waals surface area contributed by atoms with Crippen LogP contribution in [0.25, 0.3) is 0 Å². The molecule has 0 aromatic carbocycles. The largest absolute Gasteiger partial charge is 0.370 e. The minimum absolute atomic E-state index is 0. The highest BCUT2D eigenvalue weighted by Gasteiger charge is 1.98. The molecule has 0 atom stereocenters. The maximum absolute atomic E-state index is 4.28. The molecule has 1 heterocycles. The average molecular weight is 309 g/mol. The first-order valence-corrected chi connectivity index (χ1v) is 5.89. The van der Waals surface area contributed by atoms with Gasteiger partial charge in [-0.25, -0.2) is 4.98 Å². The summed E-state index contributed by atoms with van der Waals surface area (Å²) in [5, 5.41) is 3.31. The molecule has 0 unspecified atom stereocenters. The number of hydrogen-bond donors (Lipinski definition) is 1. The lowest BCUT2D eigenvalue weighted by molar-refractivity contribution is 0.405. The van der Waals surface area contributed by atoms with Crippen LogP contribution in [0.4, 0.5) is 5.82 Å². The highest BCUT2D eigenvalue weighted by Crippen LogP contribution is 2.16. The minimum Gasteiger partial charge on any atom is -0.370 e. The van der Waals surface area contributed by atoms with E-state index >= 15 is 0 Å². The Hall–Kier alpha value is -0.320. The number of pyridine rings is 1. The number of halogens is 2. The van der Waals surface area contributed by atoms with E-state index in [1.165, 1.54) is 5.56 Å². The number of hydrogen-bond acceptors (Lipinski definition) is 3. The zero-order chi connectivity index (χ0) is 11.3. The van der Waals surface area contributed by atoms with Crippen molar-refractivity contribution in [2.75, 3.05) is 32.5 Å². The van der Waals surface area contributed by atoms with Crippen LogP contribution < -0.4 is 5.32 Å². The van der Waals surface area contributed by atoms with Gasteiger partial charge in [0.25, 0.3) is 0 Å². The van der Waals surface area contributed by atoms with Crippen LogP contribution in [0.15, 0.2) is 16.7 Å². The van der Waals surface area contributed by atoms with Crippen LogP contribution in [0, 0.1) is 6.92 Å². The van der Waals surface area contributed by atoms with E-state index in [-0.39, 0.29) is 12.4 Å². The molecule has 0 bridgehead atoms. The van der Waals surface area contributed by atoms with Gasteiger partial charge < -0.3 is 10.2 Å². The van der Waals surface area contributed by atoms with Crippen molar-refractivity contribution < 1.29 is 0 Å². The third kappa shape index (κ3) is 5.68. The van der Waals surface area contributed by atoms with E-state index in [9.17, 15) is 0 Å². The Morgan fingerprint density at radius 2 is 2.12 bits per heavy atom. The van der Waals surface area contributed by atoms with Gasteiger partial charge in [0.1, 0.15) is 5.82 Å². The Labute approximate surface area is 112 Å². The predicted octanol–water partition coefficient (Wildman–Crippen LogP) is 2.94. The number of aromatic nitrogens is 1. The first-order valence-electron chi connectivity index (χ1n) is 5.10. The molecule has 1 aromatic rings. The maximum Gasteiger partial charge on any atom is 0.126 e. The van der Waals surface area contributed by atoms with Gasteiger partial charge in [-0.15, -0.1) is 12.4 Å². The molecule has 0 saturated carbocycles. The normalized spacial score (nSPS) is 10.1. The second kappa shape index (κ2) is 7.87. The summed E-state index contributed by atoms with van der Waals surface area (Å²) in [5.41, 5.74) is 1.21. The molecule has 0 saturated heterocycles. The number of rotatable bonds is 5. The molecule has 5 heteroatoms. The second-order valence-electron chi connectivity index (χ2n) is 3.90. The highest BCUT2D eigenvalue weighted by molar-refractivity contribution is 9.10. The second-order valence-corrected chi connectivity index (χ2v) is 4.76. The van der Waals surface area contributed by atoms with Crippen molar-refractivity contribution in [2.45, 2.75) is 13.3 Å². The van der Waals surface area contributed by atoms with Crippen LogP contribution in [0.3, 0.4) is 0 Å². The lowest BCUT2D eigenvalue weighted by Crippen LogP contribution is -2.16. The summed E-state index contributed by atoms with van der Waals surface area (Å²) in [6.45, 7) is 4.13. The van der Waals surface area contributed by atoms with Gasteiger partial charge >= 0.3 is 0 Å². The molecule has 92 valence electrons. The van der Waals surface area contributed by atoms with Gasteiger partial charge in [0, 0.05) is 17.2 Å². The Kier molecular flexibility index (Phi) is 7.72. The number of nitrogens with zero attached hydrogens (tertiary/aromatic N) is 2. The summed E-state index contributed by atoms with van der Waals surface area (Å²) in [4.78, 5) is 6.47. The van der Waals surface area contributed by atoms with E-state index in [0.29, 0.717) is 0 Å². The van der Waals surface area contributed by atoms with Crippen LogP contribution in [0.1, 0.15) is 12.0 Å². The molecule has 0 fully saturated rings. The molecular weight excluding hydrogens is 289 g/mol. The van der Waals surface area contributed by atoms with Crippen LogP contribution in [-0.4, -0.2) is 37.1 Å². The van der Waals surface area contributed by atoms with Crippen molar-refractivity contribution in [3.05, 3.63) is 22.3 Å². The smallest absolute Gasteiger partial charge is 0.126 e. The molecule has 1 N–H and O–H groups in total. The first-order chi connectivity index (χ1) is 7.09. The van der Waals surface area contributed by atoms with Crippen molar-refractivity contribution >= 4 is 34.2 Å². The molecule has 1 rings (SSSR count). The lowest BCUT2D eigenvalue weighted by atomic mass is 10.3. The van der Waals surface area contributed by atoms with Gasteiger partial charge in [-0.2, -0.15) is 0 Å². The number of nitrogens with one attached hydrogen (secondary N) is 1. The predicted molar refractivity (Wildman–Crippen MR) is 75.6 cm³/mol. The Morgan fingerprint density at radius 1 is 1.44 bits per heavy atom. The van der Waals surface area contributed by atoms with Crippen molar-refractivity contribution in [2.24, 2.45) is 0 Å². The van der Waals surface area contributed by atoms with Gasteiger partial charge in [-0.3, -0.25) is 0 Å². The lowest BCUT2D eigenvalue weighted by Gasteiger charge is -2.10. The topological polar surface area (TPSA) is 28.2 Å². The van der Waals surface area contributed by atoms with E-state index in [0.717, 1.165) is 29.8 Å². The molecule has 0 aliphatic rings. The molecule has 0 aliphatic heterocycles. The third-order valence-corrected chi connectivity index (χ3v) is 2.97. The summed E-state index contributed by atoms with van der Waals surface area (Å²) < 4.78 is 1.06. The van der Waals surface area contributed by atoms with Crippen molar-refractivity contribution in [3.8, 4) is 0 Å². The summed E-state index contributed by atoms with van der Waals surface area (Å²) in [5.74, 6) is 0.953. The van der Waals surface area contributed by atoms with Crippen LogP contribution in [0.2, 0.25) is 0 Å². The molecule has 0 spiro atoms. The number of anilines is 1. The number of aryl methyl sites for hydroxylation is 1. The molecule has 0 amide bonds. The third-order valence-electron chi connectivity index (χ3n) is 2.14. The fourth-order valence-corrected chi connectivity index (χ4v) is 1.46. The summed E-state index contributed by atoms with van der Waals surface area (Å²) in [7, 11) is 4.17. The summed E-state index contributed by atoms with van der Waals surface area (Å²) in [6.07, 6.45) is 2.97. The van der Waals surface area contributed by atoms with Gasteiger partial charge in [0.15, 0.2) is 0 Å². The quantitative estimate of drug-likeness (QED) is 0.848. The van der Waals surface area contributed by atoms with Gasteiger partial charge in [0.2, 0.25) is 0 Å². The van der Waals surface area contributed by atoms with E-state index in [4.69, 9.17) is 0 Å². The zero-order valence-electron chi connectivity index (χ0n) is 9.96. The minimum atomic E-state index is 0. The Balaban J connectivity index is 0.00000225. The standard InChI is InChI=1S/C11H18BrN3.ClH/c1-9-7-11(14-8-10(9)12)13-5-4-6-15(2)3;/h7-8H,4-6H2,1-3H3,(H,13,14);1H. The summed E-state index contributed by atoms with van der Waals surface area (Å²) >= 11 is 3.43. The Bertz CT molecular complexity index is 318. The molecule has 1 aromatic heterocycles. The molecular formula is C11H19BrClN3. The molecule has 16 heavy (non-hydrogen) atoms. The first kappa shape index (κ1) is 15.7. The monoisotopic (exact) mass is 307 g/mol. The van der Waals surface area contributed by atoms with Crippen LogP contribution >= 0.6 is 28.3 Å². The maximum atomic E-state index is 4.28. The fraction of sp³-hybridized carbons (Fsp3) is 0.545. The highest BCUT2D eigenvalue weighted by atomic mass is 79.9. The average Bonchev–Trinajstić information content (AvgIpc) is 2.18. The summed E-state index contributed by atoms with van der Waals surface area (Å²) in [6, 6.07) is 2.06. The molecule has 0 aliphatic carbocycles. The van der Waals surface area contributed by atoms with Gasteiger partial charge in [-0.1, -0.05) is 0 Å². The van der Waals surface area contributed by atoms with Crippen molar-refractivity contribution in [1.29, 1.82) is 0 Å². The van der Waals surface area contributed by atoms with E-state index in [2.05, 4.69) is 58.2 Å². The molecule has 3 nitrogen and oxygen atoms in total. The Morgan fingerprint density at radius 3 is 2.69 bits per heavy atom. The molecule has 0 radical (unpaired) electrons. The zero-order valence-corrected chi connectivity index (χ0v) is 12.4. The SMILES string of the molecule is Cc1cc(NCCCN(C)C)ncc1Br.Cl. The van der Waals surface area contributed by atoms with Crippen molar-refractivity contribution in [3.63, 3.8) is 0 Å². The fourth-order valence-electron chi connectivity index (χ4n) is 1.25. The van der Waals surface area contributed by atoms with Crippen LogP contribution in [0.5, 0.6) is 0 Å². The van der Waals surface area contributed by atoms with E-state index in [1.807, 2.05) is 6.20 Å². The van der Waals surface area contributed by atoms with Gasteiger partial charge in [0.05, 0.1) is 0 Å². The van der Waals surface area contributed by atoms with Crippen molar-refractivity contribution in [1.82, 2.24) is 9.88 Å². The van der Waals surface area contributed by atoms with Gasteiger partial charge in [-0.05, 0) is 61.5 Å². The van der Waals surface area contributed by atoms with E-state index < -0.39 is 0 Å². The van der Waals surface area contributed by atoms with Crippen LogP contribution in [-0.2, 0) is 0 Å².